The molecule has 0 bridgehead atoms. The third-order valence-electron chi connectivity index (χ3n) is 6.04. The number of aromatic carboxylic acids is 1. The Morgan fingerprint density at radius 2 is 1.84 bits per heavy atom. The first kappa shape index (κ1) is 25.6. The van der Waals surface area contributed by atoms with Crippen LogP contribution in [0.25, 0.3) is 16.8 Å². The number of likely N-dealkylation sites (N-methyl/N-ethyl adjacent to an activating group) is 1. The number of ether oxygens (including phenoxy) is 1. The van der Waals surface area contributed by atoms with Crippen molar-refractivity contribution in [2.24, 2.45) is 4.99 Å². The molecule has 0 aliphatic carbocycles. The highest BCUT2D eigenvalue weighted by Crippen LogP contribution is 2.38. The molecule has 1 aliphatic heterocycles. The van der Waals surface area contributed by atoms with Crippen LogP contribution in [0, 0.1) is 0 Å². The van der Waals surface area contributed by atoms with Crippen LogP contribution in [0.3, 0.4) is 0 Å². The van der Waals surface area contributed by atoms with E-state index in [2.05, 4.69) is 4.99 Å². The maximum atomic E-state index is 13.4. The number of hydrogen-bond acceptors (Lipinski definition) is 5. The fraction of sp³-hybridized carbons (Fsp3) is 0.100. The summed E-state index contributed by atoms with van der Waals surface area (Å²) in [7, 11) is 0. The van der Waals surface area contributed by atoms with Gasteiger partial charge in [-0.1, -0.05) is 60.1 Å². The van der Waals surface area contributed by atoms with Crippen molar-refractivity contribution < 1.29 is 19.4 Å². The number of fused-ring (bicyclic) bond motifs is 1. The molecule has 0 atom stereocenters. The Morgan fingerprint density at radius 3 is 2.61 bits per heavy atom. The number of amidine groups is 1. The van der Waals surface area contributed by atoms with Crippen LogP contribution in [0.4, 0.5) is 5.69 Å². The zero-order chi connectivity index (χ0) is 26.6. The topological polar surface area (TPSA) is 79.2 Å². The predicted molar refractivity (Wildman–Crippen MR) is 153 cm³/mol. The van der Waals surface area contributed by atoms with E-state index in [-0.39, 0.29) is 11.5 Å². The first-order valence-corrected chi connectivity index (χ1v) is 13.1. The molecule has 4 aromatic rings. The Labute approximate surface area is 229 Å². The molecule has 0 spiro atoms. The molecule has 1 amide bonds. The summed E-state index contributed by atoms with van der Waals surface area (Å²) in [4.78, 5) is 31.5. The lowest BCUT2D eigenvalue weighted by Crippen LogP contribution is -2.28. The van der Waals surface area contributed by atoms with Crippen LogP contribution in [0.15, 0.2) is 94.8 Å². The molecule has 1 heterocycles. The van der Waals surface area contributed by atoms with Crippen LogP contribution in [0.2, 0.25) is 5.02 Å². The number of amides is 1. The highest BCUT2D eigenvalue weighted by Gasteiger charge is 2.32. The highest BCUT2D eigenvalue weighted by atomic mass is 35.5. The van der Waals surface area contributed by atoms with E-state index in [1.54, 1.807) is 17.0 Å². The molecule has 1 N–H and O–H groups in total. The first-order valence-electron chi connectivity index (χ1n) is 12.0. The molecule has 190 valence electrons. The average Bonchev–Trinajstić information content (AvgIpc) is 3.22. The lowest BCUT2D eigenvalue weighted by atomic mass is 10.0. The van der Waals surface area contributed by atoms with Crippen molar-refractivity contribution in [3.8, 4) is 5.75 Å². The van der Waals surface area contributed by atoms with Crippen molar-refractivity contribution in [2.45, 2.75) is 13.5 Å². The summed E-state index contributed by atoms with van der Waals surface area (Å²) in [6.07, 6.45) is 1.85. The van der Waals surface area contributed by atoms with E-state index < -0.39 is 5.97 Å². The average molecular weight is 543 g/mol. The molecular formula is C30H23ClN2O4S. The Kier molecular flexibility index (Phi) is 7.49. The quantitative estimate of drug-likeness (QED) is 0.246. The lowest BCUT2D eigenvalue weighted by Gasteiger charge is -2.13. The van der Waals surface area contributed by atoms with E-state index in [0.717, 1.165) is 21.9 Å². The summed E-state index contributed by atoms with van der Waals surface area (Å²) in [5.41, 5.74) is 2.39. The number of hydrogen-bond donors (Lipinski definition) is 1. The number of carbonyl (C=O) groups is 2. The third kappa shape index (κ3) is 5.44. The van der Waals surface area contributed by atoms with E-state index in [9.17, 15) is 14.7 Å². The number of thioether (sulfide) groups is 1. The van der Waals surface area contributed by atoms with Crippen LogP contribution >= 0.6 is 23.4 Å². The van der Waals surface area contributed by atoms with Gasteiger partial charge in [0.1, 0.15) is 12.4 Å². The van der Waals surface area contributed by atoms with E-state index in [1.165, 1.54) is 23.9 Å². The first-order chi connectivity index (χ1) is 18.4. The van der Waals surface area contributed by atoms with Crippen molar-refractivity contribution in [3.05, 3.63) is 112 Å². The molecule has 38 heavy (non-hydrogen) atoms. The van der Waals surface area contributed by atoms with Crippen molar-refractivity contribution in [1.82, 2.24) is 4.90 Å². The van der Waals surface area contributed by atoms with Crippen LogP contribution in [0.1, 0.15) is 28.4 Å². The summed E-state index contributed by atoms with van der Waals surface area (Å²) in [6.45, 7) is 2.65. The second kappa shape index (κ2) is 11.1. The number of halogens is 1. The fourth-order valence-corrected chi connectivity index (χ4v) is 5.28. The van der Waals surface area contributed by atoms with Gasteiger partial charge in [-0.05, 0) is 77.5 Å². The van der Waals surface area contributed by atoms with E-state index in [0.29, 0.717) is 39.7 Å². The van der Waals surface area contributed by atoms with Gasteiger partial charge in [-0.25, -0.2) is 9.79 Å². The summed E-state index contributed by atoms with van der Waals surface area (Å²) in [6, 6.07) is 25.7. The number of carbonyl (C=O) groups excluding carboxylic acids is 1. The van der Waals surface area contributed by atoms with E-state index in [1.807, 2.05) is 73.7 Å². The zero-order valence-electron chi connectivity index (χ0n) is 20.4. The normalized spacial score (nSPS) is 15.5. The molecule has 0 unspecified atom stereocenters. The minimum Gasteiger partial charge on any atom is -0.488 e. The standard InChI is InChI=1S/C30H23ClN2O4S/c1-2-33-28(34)27(38-30(33)32-23-8-5-7-21(16-23)29(35)36)17-25-24-9-4-3-6-20(24)12-15-26(25)37-18-19-10-13-22(31)14-11-19/h3-17H,2,18H2,1H3,(H,35,36)/b27-17+,32-30?. The smallest absolute Gasteiger partial charge is 0.335 e. The number of carboxylic acids is 1. The molecule has 8 heteroatoms. The van der Waals surface area contributed by atoms with Gasteiger partial charge in [-0.15, -0.1) is 0 Å². The minimum atomic E-state index is -1.03. The van der Waals surface area contributed by atoms with Gasteiger partial charge in [0.05, 0.1) is 16.2 Å². The van der Waals surface area contributed by atoms with Gasteiger partial charge in [-0.2, -0.15) is 0 Å². The van der Waals surface area contributed by atoms with Crippen LogP contribution in [0.5, 0.6) is 5.75 Å². The van der Waals surface area contributed by atoms with Crippen LogP contribution in [-0.4, -0.2) is 33.6 Å². The Morgan fingerprint density at radius 1 is 1.05 bits per heavy atom. The largest absolute Gasteiger partial charge is 0.488 e. The van der Waals surface area contributed by atoms with Gasteiger partial charge in [0.15, 0.2) is 5.17 Å². The second-order valence-electron chi connectivity index (χ2n) is 8.52. The molecular weight excluding hydrogens is 520 g/mol. The van der Waals surface area contributed by atoms with Crippen molar-refractivity contribution in [3.63, 3.8) is 0 Å². The van der Waals surface area contributed by atoms with Gasteiger partial charge in [0, 0.05) is 17.1 Å². The minimum absolute atomic E-state index is 0.137. The summed E-state index contributed by atoms with van der Waals surface area (Å²) < 4.78 is 6.22. The number of rotatable bonds is 7. The number of nitrogens with zero attached hydrogens (tertiary/aromatic N) is 2. The summed E-state index contributed by atoms with van der Waals surface area (Å²) in [5.74, 6) is -0.540. The zero-order valence-corrected chi connectivity index (χ0v) is 22.0. The molecule has 0 aromatic heterocycles. The van der Waals surface area contributed by atoms with Crippen LogP contribution in [-0.2, 0) is 11.4 Å². The molecule has 1 fully saturated rings. The lowest BCUT2D eigenvalue weighted by molar-refractivity contribution is -0.122. The van der Waals surface area contributed by atoms with Crippen LogP contribution < -0.4 is 4.74 Å². The number of aliphatic imine (C=N–C) groups is 1. The predicted octanol–water partition coefficient (Wildman–Crippen LogP) is 7.39. The summed E-state index contributed by atoms with van der Waals surface area (Å²) in [5, 5.41) is 12.5. The molecule has 1 saturated heterocycles. The van der Waals surface area contributed by atoms with Gasteiger partial charge >= 0.3 is 5.97 Å². The molecule has 1 aliphatic rings. The SMILES string of the molecule is CCN1C(=O)/C(=C\c2c(OCc3ccc(Cl)cc3)ccc3ccccc23)SC1=Nc1cccc(C(=O)O)c1. The monoisotopic (exact) mass is 542 g/mol. The van der Waals surface area contributed by atoms with E-state index in [4.69, 9.17) is 16.3 Å². The van der Waals surface area contributed by atoms with Gasteiger partial charge in [0.2, 0.25) is 0 Å². The highest BCUT2D eigenvalue weighted by molar-refractivity contribution is 8.18. The third-order valence-corrected chi connectivity index (χ3v) is 7.29. The van der Waals surface area contributed by atoms with Crippen molar-refractivity contribution in [2.75, 3.05) is 6.54 Å². The summed E-state index contributed by atoms with van der Waals surface area (Å²) >= 11 is 7.27. The Hall–Kier alpha value is -4.07. The number of carboxylic acid groups (broad SMARTS) is 1. The second-order valence-corrected chi connectivity index (χ2v) is 9.97. The molecule has 6 nitrogen and oxygen atoms in total. The van der Waals surface area contributed by atoms with Crippen molar-refractivity contribution in [1.29, 1.82) is 0 Å². The Bertz CT molecular complexity index is 1600. The maximum absolute atomic E-state index is 13.4. The molecule has 0 radical (unpaired) electrons. The van der Waals surface area contributed by atoms with Gasteiger partial charge in [0.25, 0.3) is 5.91 Å². The van der Waals surface area contributed by atoms with Crippen molar-refractivity contribution >= 4 is 62.9 Å². The maximum Gasteiger partial charge on any atom is 0.335 e. The molecule has 4 aromatic carbocycles. The fourth-order valence-electron chi connectivity index (χ4n) is 4.11. The Balaban J connectivity index is 1.52. The van der Waals surface area contributed by atoms with E-state index >= 15 is 0 Å². The molecule has 5 rings (SSSR count). The molecule has 0 saturated carbocycles. The van der Waals surface area contributed by atoms with Gasteiger partial charge in [-0.3, -0.25) is 9.69 Å². The van der Waals surface area contributed by atoms with Gasteiger partial charge < -0.3 is 9.84 Å². The number of benzene rings is 4.